The van der Waals surface area contributed by atoms with E-state index in [0.29, 0.717) is 126 Å². The number of halogens is 3. The Morgan fingerprint density at radius 1 is 0.952 bits per heavy atom. The van der Waals surface area contributed by atoms with E-state index in [1.54, 1.807) is 6.07 Å². The smallest absolute Gasteiger partial charge is 0.406 e. The molecule has 7 aliphatic heterocycles. The van der Waals surface area contributed by atoms with E-state index in [2.05, 4.69) is 35.2 Å². The molecule has 2 aliphatic carbocycles. The summed E-state index contributed by atoms with van der Waals surface area (Å²) in [7, 11) is 0. The predicted octanol–water partition coefficient (Wildman–Crippen LogP) is 7.26. The lowest BCUT2D eigenvalue weighted by Crippen LogP contribution is -2.62. The van der Waals surface area contributed by atoms with Crippen molar-refractivity contribution in [3.8, 4) is 22.5 Å². The van der Waals surface area contributed by atoms with Crippen molar-refractivity contribution >= 4 is 51.6 Å². The maximum absolute atomic E-state index is 15.2. The van der Waals surface area contributed by atoms with Crippen LogP contribution in [0, 0.1) is 22.7 Å². The molecule has 8 atom stereocenters. The third kappa shape index (κ3) is 11.4. The van der Waals surface area contributed by atoms with E-state index in [1.807, 2.05) is 71.3 Å². The Morgan fingerprint density at radius 2 is 1.76 bits per heavy atom. The number of alkyl halides is 3. The van der Waals surface area contributed by atoms with Gasteiger partial charge in [0.1, 0.15) is 24.7 Å². The summed E-state index contributed by atoms with van der Waals surface area (Å²) in [5.41, 5.74) is 7.25. The molecule has 2 saturated carbocycles. The zero-order chi connectivity index (χ0) is 57.9. The van der Waals surface area contributed by atoms with Gasteiger partial charge in [0, 0.05) is 109 Å². The second kappa shape index (κ2) is 22.0. The first-order chi connectivity index (χ1) is 39.7. The molecule has 3 amide bonds. The molecule has 21 heteroatoms. The molecule has 3 aromatic heterocycles. The number of cyclic esters (lactones) is 1. The fourth-order valence-electron chi connectivity index (χ4n) is 15.1. The number of anilines is 1. The van der Waals surface area contributed by atoms with Crippen LogP contribution in [0.25, 0.3) is 33.4 Å². The number of rotatable bonds is 11. The van der Waals surface area contributed by atoms with Gasteiger partial charge in [0.05, 0.1) is 65.9 Å². The minimum atomic E-state index is -4.58. The molecule has 9 aliphatic rings. The molecule has 8 fully saturated rings. The number of ether oxygens (including phenoxy) is 2. The summed E-state index contributed by atoms with van der Waals surface area (Å²) in [5.74, 6) is -0.474. The Balaban J connectivity index is 0.819. The first-order valence-electron chi connectivity index (χ1n) is 30.8. The zero-order valence-electron chi connectivity index (χ0n) is 49.0. The van der Waals surface area contributed by atoms with Crippen LogP contribution in [0.4, 0.5) is 18.9 Å². The van der Waals surface area contributed by atoms with Gasteiger partial charge in [-0.2, -0.15) is 13.2 Å². The number of nitrogens with zero attached hydrogens (tertiary/aromatic N) is 9. The predicted molar refractivity (Wildman–Crippen MR) is 310 cm³/mol. The summed E-state index contributed by atoms with van der Waals surface area (Å²) in [6.07, 6.45) is 5.13. The van der Waals surface area contributed by atoms with Crippen LogP contribution in [-0.4, -0.2) is 190 Å². The minimum absolute atomic E-state index is 0.0350. The first-order valence-corrected chi connectivity index (χ1v) is 31.7. The number of nitrogens with one attached hydrogen (secondary N) is 2. The van der Waals surface area contributed by atoms with E-state index in [1.165, 1.54) is 46.6 Å². The molecule has 6 bridgehead atoms. The number of amides is 3. The van der Waals surface area contributed by atoms with Gasteiger partial charge in [0.25, 0.3) is 5.91 Å². The monoisotopic (exact) mass is 1170 g/mol. The van der Waals surface area contributed by atoms with Crippen molar-refractivity contribution < 1.29 is 41.8 Å². The lowest BCUT2D eigenvalue weighted by Gasteiger charge is -2.44. The molecule has 0 radical (unpaired) electrons. The molecule has 1 spiro atoms. The van der Waals surface area contributed by atoms with E-state index < -0.39 is 48.1 Å². The largest absolute Gasteiger partial charge is 0.464 e. The number of hydrogen-bond donors (Lipinski definition) is 2. The van der Waals surface area contributed by atoms with Crippen LogP contribution in [0.15, 0.2) is 35.8 Å². The first kappa shape index (κ1) is 56.9. The number of pyridine rings is 1. The Bertz CT molecular complexity index is 3140. The summed E-state index contributed by atoms with van der Waals surface area (Å²) < 4.78 is 59.0. The average Bonchev–Trinajstić information content (AvgIpc) is 1.93. The number of likely N-dealkylation sites (tertiary alicyclic amines) is 2. The number of thiazole rings is 1. The molecule has 4 aromatic rings. The van der Waals surface area contributed by atoms with E-state index in [0.717, 1.165) is 44.7 Å². The van der Waals surface area contributed by atoms with Crippen LogP contribution < -0.4 is 15.6 Å². The summed E-state index contributed by atoms with van der Waals surface area (Å²) in [4.78, 5) is 80.1. The number of hydrogen-bond acceptors (Lipinski definition) is 14. The summed E-state index contributed by atoms with van der Waals surface area (Å²) in [6.45, 7) is 18.3. The average molecular weight is 1170 g/mol. The summed E-state index contributed by atoms with van der Waals surface area (Å²) >= 11 is 1.36. The van der Waals surface area contributed by atoms with Crippen LogP contribution in [0.2, 0.25) is 0 Å². The van der Waals surface area contributed by atoms with Gasteiger partial charge in [-0.25, -0.2) is 10.4 Å². The van der Waals surface area contributed by atoms with Crippen molar-refractivity contribution in [3.05, 3.63) is 52.1 Å². The van der Waals surface area contributed by atoms with E-state index in [9.17, 15) is 19.2 Å². The molecule has 1 aromatic carbocycles. The van der Waals surface area contributed by atoms with Crippen molar-refractivity contribution in [2.24, 2.45) is 22.7 Å². The van der Waals surface area contributed by atoms with Gasteiger partial charge in [-0.05, 0) is 106 Å². The zero-order valence-corrected chi connectivity index (χ0v) is 49.8. The Hall–Kier alpha value is -5.19. The minimum Gasteiger partial charge on any atom is -0.464 e. The third-order valence-electron chi connectivity index (χ3n) is 19.6. The molecular weight excluding hydrogens is 1080 g/mol. The number of benzene rings is 1. The number of aromatic nitrogens is 3. The highest BCUT2D eigenvalue weighted by atomic mass is 32.1. The van der Waals surface area contributed by atoms with Gasteiger partial charge >= 0.3 is 12.1 Å². The number of hydrazine groups is 1. The molecule has 83 heavy (non-hydrogen) atoms. The molecule has 6 saturated heterocycles. The number of carbonyl (C=O) groups is 4. The molecule has 13 rings (SSSR count). The van der Waals surface area contributed by atoms with Crippen LogP contribution in [-0.2, 0) is 48.0 Å². The van der Waals surface area contributed by atoms with Gasteiger partial charge in [0.15, 0.2) is 0 Å². The van der Waals surface area contributed by atoms with Crippen LogP contribution in [0.3, 0.4) is 0 Å². The highest BCUT2D eigenvalue weighted by molar-refractivity contribution is 7.10. The highest BCUT2D eigenvalue weighted by Crippen LogP contribution is 2.54. The lowest BCUT2D eigenvalue weighted by molar-refractivity contribution is -0.155. The molecule has 2 N–H and O–H groups in total. The van der Waals surface area contributed by atoms with Crippen molar-refractivity contribution in [2.75, 3.05) is 83.6 Å². The summed E-state index contributed by atoms with van der Waals surface area (Å²) in [5, 5.41) is 7.79. The van der Waals surface area contributed by atoms with Gasteiger partial charge in [-0.3, -0.25) is 43.9 Å². The van der Waals surface area contributed by atoms with Crippen molar-refractivity contribution in [1.82, 2.24) is 49.9 Å². The Labute approximate surface area is 488 Å². The van der Waals surface area contributed by atoms with Crippen LogP contribution in [0.5, 0.6) is 0 Å². The molecular formula is C62H82F3N11O6S. The van der Waals surface area contributed by atoms with Crippen molar-refractivity contribution in [1.29, 1.82) is 0 Å². The molecule has 17 nitrogen and oxygen atoms in total. The highest BCUT2D eigenvalue weighted by Gasteiger charge is 2.64. The third-order valence-corrected chi connectivity index (χ3v) is 20.5. The molecule has 1 unspecified atom stereocenters. The van der Waals surface area contributed by atoms with Crippen molar-refractivity contribution in [2.45, 2.75) is 167 Å². The topological polar surface area (TPSA) is 161 Å². The van der Waals surface area contributed by atoms with Gasteiger partial charge in [0.2, 0.25) is 11.8 Å². The number of morpholine rings is 1. The maximum atomic E-state index is 15.2. The molecule has 448 valence electrons. The molecule has 10 heterocycles. The number of fused-ring (bicyclic) bond motifs is 7. The quantitative estimate of drug-likeness (QED) is 0.114. The fourth-order valence-corrected chi connectivity index (χ4v) is 16.0. The number of carbonyl (C=O) groups excluding carboxylic acids is 4. The van der Waals surface area contributed by atoms with E-state index >= 15 is 13.2 Å². The lowest BCUT2D eigenvalue weighted by atomic mass is 9.84. The second-order valence-electron chi connectivity index (χ2n) is 27.3. The Kier molecular flexibility index (Phi) is 15.1. The van der Waals surface area contributed by atoms with Gasteiger partial charge < -0.3 is 29.2 Å². The van der Waals surface area contributed by atoms with Gasteiger partial charge in [-0.15, -0.1) is 11.3 Å². The standard InChI is InChI=1S/C62H82F3N11O6S/c1-36(2)51-44(25-41(28-66-51)71-21-20-70-22-23-81-30-42(70)29-71)54-45-27-60(5,6)35-82-59(80)46-8-7-17-75(69-46)57(78)47(26-50-67-48(31-83-50)39-11-14-49(43(45)24-39)74(54)34-62(63,64)65)68-56(77)52(37(3)4)72-18-15-61(32-72)16-19-73(33-61)58(79)55-53(38-9-10-38)76(55)40-12-13-40/h11,14,24-25,28,31,36-38,40,42,46-47,52-53,55,69H,7-10,12-13,15-23,26-27,29-30,32-35H2,1-6H3,(H,68,77)/t42-,46-,47-,52-,53+,55+,61-,76?/m0/s1. The summed E-state index contributed by atoms with van der Waals surface area (Å²) in [6, 6.07) is 6.28. The SMILES string of the molecule is CC(C)c1ncc(N2CCN3CCOC[C@@H]3C2)cc1-c1c2c3cc(ccc3n1CC(F)(F)F)-c1csc(n1)C[C@H](NC(=O)[C@H](C(C)C)N1CC[C@]3(CCN(C(=O)[C@H]4[C@@H](C5CC5)N4C4CC4)C3)C1)C(=O)N1CCC[C@H](N1)C(=O)OCC(C)(C)C2. The Morgan fingerprint density at radius 3 is 2.52 bits per heavy atom. The number of piperazine rings is 1. The fraction of sp³-hybridized carbons (Fsp3) is 0.677. The van der Waals surface area contributed by atoms with E-state index in [4.69, 9.17) is 19.4 Å². The van der Waals surface area contributed by atoms with Crippen molar-refractivity contribution in [3.63, 3.8) is 0 Å². The number of esters is 1. The van der Waals surface area contributed by atoms with Crippen LogP contribution >= 0.6 is 11.3 Å². The van der Waals surface area contributed by atoms with E-state index in [-0.39, 0.29) is 60.6 Å². The maximum Gasteiger partial charge on any atom is 0.406 e. The second-order valence-corrected chi connectivity index (χ2v) is 28.2. The van der Waals surface area contributed by atoms with Gasteiger partial charge in [-0.1, -0.05) is 47.6 Å². The normalized spacial score (nSPS) is 29.4. The van der Waals surface area contributed by atoms with Crippen LogP contribution in [0.1, 0.15) is 115 Å².